The maximum absolute atomic E-state index is 2.29. The van der Waals surface area contributed by atoms with Gasteiger partial charge in [-0.25, -0.2) is 0 Å². The summed E-state index contributed by atoms with van der Waals surface area (Å²) in [5, 5.41) is 0. The molecule has 0 spiro atoms. The zero-order valence-electron chi connectivity index (χ0n) is 6.22. The molecular formula is C9H15K. The quantitative estimate of drug-likeness (QED) is 0.546. The van der Waals surface area contributed by atoms with Crippen LogP contribution < -0.4 is 0 Å². The van der Waals surface area contributed by atoms with E-state index in [0.29, 0.717) is 0 Å². The van der Waals surface area contributed by atoms with Crippen LogP contribution in [0.2, 0.25) is 0 Å². The Morgan fingerprint density at radius 2 is 2.30 bits per heavy atom. The van der Waals surface area contributed by atoms with Gasteiger partial charge in [0.05, 0.1) is 0 Å². The predicted octanol–water partition coefficient (Wildman–Crippen LogP) is 2.27. The van der Waals surface area contributed by atoms with Gasteiger partial charge in [0, 0.05) is 0 Å². The van der Waals surface area contributed by atoms with Crippen LogP contribution in [-0.4, -0.2) is 51.4 Å². The number of hydrogen-bond donors (Lipinski definition) is 0. The van der Waals surface area contributed by atoms with Gasteiger partial charge in [-0.2, -0.15) is 0 Å². The standard InChI is InChI=1S/C9H14.K.H/c1-3-8(2)9-6-4-5-7-9;;/h4-6,8H,3,7H2,1-2H3;;. The second kappa shape index (κ2) is 5.73. The number of hydrogen-bond acceptors (Lipinski definition) is 0. The fourth-order valence-corrected chi connectivity index (χ4v) is 1.09. The van der Waals surface area contributed by atoms with Gasteiger partial charge in [-0.15, -0.1) is 0 Å². The van der Waals surface area contributed by atoms with E-state index in [-0.39, 0.29) is 51.4 Å². The molecule has 1 aliphatic rings. The first-order chi connectivity index (χ1) is 4.34. The molecule has 0 amide bonds. The molecular weight excluding hydrogens is 147 g/mol. The minimum absolute atomic E-state index is 0. The average molecular weight is 162 g/mol. The van der Waals surface area contributed by atoms with Crippen molar-refractivity contribution in [1.82, 2.24) is 0 Å². The molecule has 1 unspecified atom stereocenters. The van der Waals surface area contributed by atoms with Crippen molar-refractivity contribution in [1.29, 1.82) is 0 Å². The van der Waals surface area contributed by atoms with E-state index in [9.17, 15) is 0 Å². The van der Waals surface area contributed by atoms with Gasteiger partial charge in [0.25, 0.3) is 0 Å². The van der Waals surface area contributed by atoms with Crippen molar-refractivity contribution in [2.75, 3.05) is 0 Å². The SMILES string of the molecule is CCC(C)C1=CC=CC1.[KH]. The summed E-state index contributed by atoms with van der Waals surface area (Å²) in [5.41, 5.74) is 1.59. The summed E-state index contributed by atoms with van der Waals surface area (Å²) in [7, 11) is 0. The summed E-state index contributed by atoms with van der Waals surface area (Å²) >= 11 is 0. The molecule has 0 aliphatic heterocycles. The van der Waals surface area contributed by atoms with Crippen LogP contribution >= 0.6 is 0 Å². The summed E-state index contributed by atoms with van der Waals surface area (Å²) in [6.45, 7) is 4.53. The van der Waals surface area contributed by atoms with Gasteiger partial charge in [0.1, 0.15) is 0 Å². The molecule has 1 rings (SSSR count). The van der Waals surface area contributed by atoms with Gasteiger partial charge in [0.15, 0.2) is 0 Å². The Hall–Kier alpha value is 1.12. The van der Waals surface area contributed by atoms with Gasteiger partial charge in [-0.1, -0.05) is 37.6 Å². The molecule has 0 bridgehead atoms. The van der Waals surface area contributed by atoms with E-state index in [2.05, 4.69) is 32.1 Å². The molecule has 0 fully saturated rings. The normalized spacial score (nSPS) is 18.0. The molecule has 0 saturated carbocycles. The van der Waals surface area contributed by atoms with Gasteiger partial charge >= 0.3 is 51.4 Å². The van der Waals surface area contributed by atoms with E-state index in [0.717, 1.165) is 5.92 Å². The van der Waals surface area contributed by atoms with Crippen molar-refractivity contribution >= 4 is 51.4 Å². The molecule has 0 nitrogen and oxygen atoms in total. The summed E-state index contributed by atoms with van der Waals surface area (Å²) < 4.78 is 0. The van der Waals surface area contributed by atoms with Crippen LogP contribution in [0.15, 0.2) is 23.8 Å². The molecule has 52 valence electrons. The third kappa shape index (κ3) is 3.01. The van der Waals surface area contributed by atoms with Crippen molar-refractivity contribution in [2.24, 2.45) is 5.92 Å². The summed E-state index contributed by atoms with van der Waals surface area (Å²) in [6.07, 6.45) is 9.08. The fraction of sp³-hybridized carbons (Fsp3) is 0.556. The monoisotopic (exact) mass is 162 g/mol. The Labute approximate surface area is 106 Å². The molecule has 0 aromatic rings. The summed E-state index contributed by atoms with van der Waals surface area (Å²) in [4.78, 5) is 0. The Balaban J connectivity index is 0.000000810. The van der Waals surface area contributed by atoms with E-state index in [1.165, 1.54) is 12.8 Å². The first-order valence-electron chi connectivity index (χ1n) is 3.70. The van der Waals surface area contributed by atoms with Crippen molar-refractivity contribution in [3.63, 3.8) is 0 Å². The second-order valence-corrected chi connectivity index (χ2v) is 2.68. The first-order valence-corrected chi connectivity index (χ1v) is 3.70. The Morgan fingerprint density at radius 3 is 2.70 bits per heavy atom. The van der Waals surface area contributed by atoms with Gasteiger partial charge < -0.3 is 0 Å². The van der Waals surface area contributed by atoms with Crippen LogP contribution in [0.3, 0.4) is 0 Å². The number of allylic oxidation sites excluding steroid dienone is 4. The molecule has 0 heterocycles. The van der Waals surface area contributed by atoms with E-state index < -0.39 is 0 Å². The zero-order chi connectivity index (χ0) is 6.69. The molecule has 0 radical (unpaired) electrons. The van der Waals surface area contributed by atoms with Crippen LogP contribution in [0.25, 0.3) is 0 Å². The Bertz CT molecular complexity index is 145. The zero-order valence-corrected chi connectivity index (χ0v) is 6.22. The third-order valence-electron chi connectivity index (χ3n) is 2.05. The molecule has 10 heavy (non-hydrogen) atoms. The average Bonchev–Trinajstić information content (AvgIpc) is 2.37. The van der Waals surface area contributed by atoms with Crippen LogP contribution in [0.1, 0.15) is 26.7 Å². The van der Waals surface area contributed by atoms with Crippen LogP contribution in [0, 0.1) is 5.92 Å². The van der Waals surface area contributed by atoms with Crippen molar-refractivity contribution in [3.8, 4) is 0 Å². The number of rotatable bonds is 2. The second-order valence-electron chi connectivity index (χ2n) is 2.68. The van der Waals surface area contributed by atoms with Gasteiger partial charge in [0.2, 0.25) is 0 Å². The third-order valence-corrected chi connectivity index (χ3v) is 2.05. The summed E-state index contributed by atoms with van der Waals surface area (Å²) in [6, 6.07) is 0. The fourth-order valence-electron chi connectivity index (χ4n) is 1.09. The molecule has 0 saturated heterocycles. The molecule has 1 aliphatic carbocycles. The van der Waals surface area contributed by atoms with E-state index in [1.54, 1.807) is 5.57 Å². The van der Waals surface area contributed by atoms with Gasteiger partial charge in [-0.3, -0.25) is 0 Å². The molecule has 1 heteroatoms. The Kier molecular flexibility index (Phi) is 6.37. The van der Waals surface area contributed by atoms with E-state index >= 15 is 0 Å². The van der Waals surface area contributed by atoms with Crippen LogP contribution in [-0.2, 0) is 0 Å². The van der Waals surface area contributed by atoms with Crippen LogP contribution in [0.5, 0.6) is 0 Å². The topological polar surface area (TPSA) is 0 Å². The van der Waals surface area contributed by atoms with E-state index in [4.69, 9.17) is 0 Å². The van der Waals surface area contributed by atoms with E-state index in [1.807, 2.05) is 0 Å². The Morgan fingerprint density at radius 1 is 1.60 bits per heavy atom. The minimum atomic E-state index is 0. The van der Waals surface area contributed by atoms with Crippen LogP contribution in [0.4, 0.5) is 0 Å². The van der Waals surface area contributed by atoms with Crippen molar-refractivity contribution in [2.45, 2.75) is 26.7 Å². The molecule has 1 atom stereocenters. The first kappa shape index (κ1) is 11.1. The maximum atomic E-state index is 2.29. The van der Waals surface area contributed by atoms with Crippen molar-refractivity contribution in [3.05, 3.63) is 23.8 Å². The predicted molar refractivity (Wildman–Crippen MR) is 48.4 cm³/mol. The molecule has 0 aromatic heterocycles. The summed E-state index contributed by atoms with van der Waals surface area (Å²) in [5.74, 6) is 0.792. The van der Waals surface area contributed by atoms with Crippen molar-refractivity contribution < 1.29 is 0 Å². The van der Waals surface area contributed by atoms with Gasteiger partial charge in [-0.05, 0) is 18.8 Å². The molecule has 0 N–H and O–H groups in total. The molecule has 0 aromatic carbocycles.